The maximum absolute atomic E-state index is 12.7. The number of aromatic nitrogens is 1. The van der Waals surface area contributed by atoms with E-state index in [1.807, 2.05) is 48.1 Å². The first-order valence-corrected chi connectivity index (χ1v) is 12.7. The summed E-state index contributed by atoms with van der Waals surface area (Å²) in [5.41, 5.74) is 3.01. The largest absolute Gasteiger partial charge is 0.484 e. The van der Waals surface area contributed by atoms with E-state index in [0.717, 1.165) is 27.1 Å². The molecule has 2 N–H and O–H groups in total. The minimum Gasteiger partial charge on any atom is -0.484 e. The van der Waals surface area contributed by atoms with E-state index in [0.29, 0.717) is 37.3 Å². The summed E-state index contributed by atoms with van der Waals surface area (Å²) in [5.74, 6) is 0.204. The van der Waals surface area contributed by atoms with Crippen molar-refractivity contribution in [3.8, 4) is 5.75 Å². The molecule has 8 nitrogen and oxygen atoms in total. The van der Waals surface area contributed by atoms with Gasteiger partial charge in [-0.15, -0.1) is 20.6 Å². The lowest BCUT2D eigenvalue weighted by Crippen LogP contribution is -2.61. The van der Waals surface area contributed by atoms with Gasteiger partial charge in [0.2, 0.25) is 0 Å². The van der Waals surface area contributed by atoms with Crippen LogP contribution in [-0.4, -0.2) is 42.2 Å². The first-order valence-electron chi connectivity index (χ1n) is 10.4. The van der Waals surface area contributed by atoms with Gasteiger partial charge in [-0.25, -0.2) is 4.98 Å². The molecule has 2 aromatic rings. The van der Waals surface area contributed by atoms with Crippen LogP contribution in [0, 0.1) is 6.92 Å². The monoisotopic (exact) mass is 601 g/mol. The van der Waals surface area contributed by atoms with Crippen molar-refractivity contribution in [1.29, 1.82) is 0 Å². The Balaban J connectivity index is 1.35. The van der Waals surface area contributed by atoms with Crippen LogP contribution < -0.4 is 20.7 Å². The molecular formula is C22H25IN3O5PS. The molecule has 3 aliphatic carbocycles. The highest BCUT2D eigenvalue weighted by atomic mass is 127. The van der Waals surface area contributed by atoms with Crippen LogP contribution in [0.25, 0.3) is 0 Å². The van der Waals surface area contributed by atoms with Crippen molar-refractivity contribution in [1.82, 2.24) is 15.6 Å². The Kier molecular flexibility index (Phi) is 7.69. The minimum absolute atomic E-state index is 0.0899. The zero-order valence-corrected chi connectivity index (χ0v) is 22.4. The third-order valence-corrected chi connectivity index (χ3v) is 7.87. The number of hydrogen-bond donors (Lipinski definition) is 2. The van der Waals surface area contributed by atoms with Gasteiger partial charge in [0, 0.05) is 24.6 Å². The Morgan fingerprint density at radius 2 is 2.15 bits per heavy atom. The quantitative estimate of drug-likeness (QED) is 0.339. The van der Waals surface area contributed by atoms with Gasteiger partial charge in [-0.1, -0.05) is 6.07 Å². The topological polar surface area (TPSA) is 98.8 Å². The fourth-order valence-electron chi connectivity index (χ4n) is 4.12. The van der Waals surface area contributed by atoms with E-state index in [-0.39, 0.29) is 30.1 Å². The minimum atomic E-state index is -0.380. The van der Waals surface area contributed by atoms with E-state index >= 15 is 0 Å². The number of ether oxygens (including phenoxy) is 2. The molecule has 0 aliphatic heterocycles. The summed E-state index contributed by atoms with van der Waals surface area (Å²) in [6.45, 7) is 2.31. The molecule has 1 aromatic carbocycles. The van der Waals surface area contributed by atoms with Gasteiger partial charge >= 0.3 is 0 Å². The molecule has 2 atom stereocenters. The van der Waals surface area contributed by atoms with Crippen molar-refractivity contribution in [3.05, 3.63) is 51.1 Å². The van der Waals surface area contributed by atoms with E-state index in [1.165, 1.54) is 11.3 Å². The van der Waals surface area contributed by atoms with Gasteiger partial charge in [-0.05, 0) is 48.3 Å². The summed E-state index contributed by atoms with van der Waals surface area (Å²) in [4.78, 5) is 29.6. The number of halogens is 1. The molecule has 176 valence electrons. The second kappa shape index (κ2) is 10.4. The highest BCUT2D eigenvalue weighted by molar-refractivity contribution is 14.1. The number of hydrogen-bond acceptors (Lipinski definition) is 7. The zero-order valence-electron chi connectivity index (χ0n) is 18.3. The van der Waals surface area contributed by atoms with Gasteiger partial charge in [0.1, 0.15) is 45.6 Å². The predicted molar refractivity (Wildman–Crippen MR) is 137 cm³/mol. The maximum atomic E-state index is 12.7. The molecule has 5 rings (SSSR count). The fourth-order valence-corrected chi connectivity index (χ4v) is 5.56. The lowest BCUT2D eigenvalue weighted by molar-refractivity contribution is -0.122. The van der Waals surface area contributed by atoms with Gasteiger partial charge in [0.25, 0.3) is 11.8 Å². The van der Waals surface area contributed by atoms with Crippen LogP contribution in [0.3, 0.4) is 0 Å². The molecule has 0 spiro atoms. The van der Waals surface area contributed by atoms with Crippen LogP contribution in [0.1, 0.15) is 40.3 Å². The number of carbonyl (C=O) groups excluding carboxylic acids is 2. The number of aryl methyl sites for hydroxylation is 1. The van der Waals surface area contributed by atoms with Crippen molar-refractivity contribution in [2.75, 3.05) is 13.7 Å². The first-order chi connectivity index (χ1) is 15.8. The van der Waals surface area contributed by atoms with Crippen LogP contribution in [0.2, 0.25) is 0 Å². The maximum Gasteiger partial charge on any atom is 0.271 e. The summed E-state index contributed by atoms with van der Waals surface area (Å²) in [5, 5.41) is 9.64. The van der Waals surface area contributed by atoms with Crippen LogP contribution >= 0.6 is 43.6 Å². The number of benzene rings is 1. The molecule has 1 saturated carbocycles. The van der Waals surface area contributed by atoms with E-state index in [1.54, 1.807) is 12.5 Å². The lowest BCUT2D eigenvalue weighted by Gasteiger charge is -2.51. The Bertz CT molecular complexity index is 1100. The van der Waals surface area contributed by atoms with Crippen molar-refractivity contribution in [2.24, 2.45) is 0 Å². The van der Waals surface area contributed by atoms with E-state index < -0.39 is 0 Å². The average molecular weight is 601 g/mol. The van der Waals surface area contributed by atoms with Gasteiger partial charge in [0.15, 0.2) is 6.61 Å². The summed E-state index contributed by atoms with van der Waals surface area (Å²) >= 11 is 3.24. The molecule has 1 fully saturated rings. The van der Waals surface area contributed by atoms with Gasteiger partial charge < -0.3 is 23.2 Å². The molecule has 11 heteroatoms. The second-order valence-corrected chi connectivity index (χ2v) is 10.4. The van der Waals surface area contributed by atoms with Crippen molar-refractivity contribution in [3.63, 3.8) is 0 Å². The number of rotatable bonds is 9. The third-order valence-electron chi connectivity index (χ3n) is 5.82. The van der Waals surface area contributed by atoms with Crippen molar-refractivity contribution < 1.29 is 22.1 Å². The van der Waals surface area contributed by atoms with E-state index in [2.05, 4.69) is 24.9 Å². The number of amides is 2. The van der Waals surface area contributed by atoms with Crippen LogP contribution in [-0.2, 0) is 19.2 Å². The average Bonchev–Trinajstić information content (AvgIpc) is 3.24. The third kappa shape index (κ3) is 5.57. The summed E-state index contributed by atoms with van der Waals surface area (Å²) < 4.78 is 16.3. The summed E-state index contributed by atoms with van der Waals surface area (Å²) in [6, 6.07) is 5.68. The van der Waals surface area contributed by atoms with Gasteiger partial charge in [-0.2, -0.15) is 0 Å². The van der Waals surface area contributed by atoms with Crippen molar-refractivity contribution in [2.45, 2.75) is 44.4 Å². The summed E-state index contributed by atoms with van der Waals surface area (Å²) in [6.07, 6.45) is 1.61. The van der Waals surface area contributed by atoms with E-state index in [9.17, 15) is 9.59 Å². The molecule has 2 amide bonds. The number of thiazole rings is 1. The van der Waals surface area contributed by atoms with Gasteiger partial charge in [0.05, 0.1) is 12.1 Å². The normalized spacial score (nSPS) is 21.4. The Hall–Kier alpha value is -1.59. The number of carbonyl (C=O) groups is 2. The van der Waals surface area contributed by atoms with Crippen LogP contribution in [0.15, 0.2) is 34.8 Å². The highest BCUT2D eigenvalue weighted by Crippen LogP contribution is 2.49. The number of fused-ring (bicyclic) bond motifs is 2. The van der Waals surface area contributed by atoms with Gasteiger partial charge in [-0.3, -0.25) is 9.59 Å². The highest BCUT2D eigenvalue weighted by Gasteiger charge is 2.51. The first kappa shape index (κ1) is 24.5. The fraction of sp³-hybridized carbons (Fsp3) is 0.409. The SMILES string of the molecule is COCc1nc(C(=O)NC23CC(=C(NC(=O)COc4ccc(C)c(P)c4)C(OI)C2)C3)cs1. The van der Waals surface area contributed by atoms with Crippen LogP contribution in [0.5, 0.6) is 5.75 Å². The standard InChI is InChI=1S/C22H25IN3O5PS/c1-12-3-4-14(5-17(12)32)30-9-18(27)25-20-13-6-22(7-13,8-16(20)31-23)26-21(28)15-11-33-19(24-15)10-29-2/h3-5,11,16H,6-10,32H2,1-2H3,(H,25,27)(H,26,28). The predicted octanol–water partition coefficient (Wildman–Crippen LogP) is 2.95. The molecule has 0 radical (unpaired) electrons. The molecule has 1 heterocycles. The Labute approximate surface area is 212 Å². The zero-order chi connectivity index (χ0) is 23.6. The summed E-state index contributed by atoms with van der Waals surface area (Å²) in [7, 11) is 4.25. The smallest absolute Gasteiger partial charge is 0.271 e. The van der Waals surface area contributed by atoms with Crippen molar-refractivity contribution >= 4 is 60.7 Å². The molecular weight excluding hydrogens is 576 g/mol. The molecule has 2 bridgehead atoms. The molecule has 1 aromatic heterocycles. The molecule has 0 saturated heterocycles. The Morgan fingerprint density at radius 1 is 1.36 bits per heavy atom. The van der Waals surface area contributed by atoms with E-state index in [4.69, 9.17) is 12.5 Å². The van der Waals surface area contributed by atoms with Crippen LogP contribution in [0.4, 0.5) is 0 Å². The number of nitrogens with zero attached hydrogens (tertiary/aromatic N) is 1. The molecule has 3 aliphatic rings. The number of methoxy groups -OCH3 is 1. The lowest BCUT2D eigenvalue weighted by atomic mass is 9.63. The number of nitrogens with one attached hydrogen (secondary N) is 2. The molecule has 2 unspecified atom stereocenters. The Morgan fingerprint density at radius 3 is 2.85 bits per heavy atom. The molecule has 33 heavy (non-hydrogen) atoms. The second-order valence-electron chi connectivity index (χ2n) is 8.30.